The van der Waals surface area contributed by atoms with Gasteiger partial charge in [0.1, 0.15) is 11.5 Å². The molecule has 0 spiro atoms. The minimum Gasteiger partial charge on any atom is -0.618 e. The van der Waals surface area contributed by atoms with E-state index in [9.17, 15) is 10.0 Å². The zero-order valence-corrected chi connectivity index (χ0v) is 13.1. The molecule has 2 aliphatic rings. The SMILES string of the molecule is C[C@@H]1C[C@H]1c1ccc(CN(C(=O)c2cccc[n+]2[O-])C2CC2)o1. The second kappa shape index (κ2) is 5.41. The molecule has 0 N–H and O–H groups in total. The van der Waals surface area contributed by atoms with Gasteiger partial charge < -0.3 is 14.5 Å². The van der Waals surface area contributed by atoms with E-state index in [1.165, 1.54) is 12.6 Å². The van der Waals surface area contributed by atoms with E-state index in [1.807, 2.05) is 12.1 Å². The van der Waals surface area contributed by atoms with Gasteiger partial charge in [-0.25, -0.2) is 0 Å². The van der Waals surface area contributed by atoms with Crippen LogP contribution in [0.1, 0.15) is 54.1 Å². The molecule has 0 bridgehead atoms. The fourth-order valence-corrected chi connectivity index (χ4v) is 3.06. The van der Waals surface area contributed by atoms with Gasteiger partial charge in [-0.15, -0.1) is 0 Å². The van der Waals surface area contributed by atoms with Crippen molar-refractivity contribution in [3.05, 3.63) is 59.0 Å². The fraction of sp³-hybridized carbons (Fsp3) is 0.444. The van der Waals surface area contributed by atoms with Crippen LogP contribution in [0.25, 0.3) is 0 Å². The smallest absolute Gasteiger partial charge is 0.320 e. The molecule has 2 fully saturated rings. The predicted molar refractivity (Wildman–Crippen MR) is 83.5 cm³/mol. The van der Waals surface area contributed by atoms with Crippen molar-refractivity contribution in [2.24, 2.45) is 5.92 Å². The van der Waals surface area contributed by atoms with Crippen molar-refractivity contribution in [1.82, 2.24) is 4.90 Å². The molecule has 4 rings (SSSR count). The van der Waals surface area contributed by atoms with Crippen LogP contribution in [-0.4, -0.2) is 16.8 Å². The van der Waals surface area contributed by atoms with Crippen LogP contribution in [0.3, 0.4) is 0 Å². The minimum absolute atomic E-state index is 0.169. The Morgan fingerprint density at radius 2 is 2.13 bits per heavy atom. The van der Waals surface area contributed by atoms with Crippen molar-refractivity contribution in [3.8, 4) is 0 Å². The largest absolute Gasteiger partial charge is 0.618 e. The first-order valence-corrected chi connectivity index (χ1v) is 8.21. The Morgan fingerprint density at radius 3 is 2.78 bits per heavy atom. The zero-order chi connectivity index (χ0) is 16.0. The van der Waals surface area contributed by atoms with Gasteiger partial charge in [0.15, 0.2) is 6.20 Å². The Hall–Kier alpha value is -2.30. The van der Waals surface area contributed by atoms with E-state index in [4.69, 9.17) is 4.42 Å². The quantitative estimate of drug-likeness (QED) is 0.630. The topological polar surface area (TPSA) is 60.4 Å². The number of furan rings is 1. The summed E-state index contributed by atoms with van der Waals surface area (Å²) in [7, 11) is 0. The van der Waals surface area contributed by atoms with Crippen LogP contribution in [0.2, 0.25) is 0 Å². The molecule has 0 saturated heterocycles. The van der Waals surface area contributed by atoms with Gasteiger partial charge in [0.25, 0.3) is 5.69 Å². The first-order chi connectivity index (χ1) is 11.1. The number of hydrogen-bond donors (Lipinski definition) is 0. The molecule has 2 aliphatic carbocycles. The van der Waals surface area contributed by atoms with E-state index in [1.54, 1.807) is 23.1 Å². The Kier molecular flexibility index (Phi) is 3.36. The maximum Gasteiger partial charge on any atom is 0.320 e. The Balaban J connectivity index is 1.53. The molecule has 0 unspecified atom stereocenters. The van der Waals surface area contributed by atoms with Gasteiger partial charge in [0, 0.05) is 24.1 Å². The molecular weight excluding hydrogens is 292 g/mol. The molecule has 2 saturated carbocycles. The monoisotopic (exact) mass is 312 g/mol. The highest BCUT2D eigenvalue weighted by Crippen LogP contribution is 2.47. The maximum absolute atomic E-state index is 12.7. The van der Waals surface area contributed by atoms with Crippen LogP contribution in [0.4, 0.5) is 0 Å². The van der Waals surface area contributed by atoms with Gasteiger partial charge >= 0.3 is 5.91 Å². The van der Waals surface area contributed by atoms with Crippen LogP contribution in [0.5, 0.6) is 0 Å². The summed E-state index contributed by atoms with van der Waals surface area (Å²) in [4.78, 5) is 14.5. The summed E-state index contributed by atoms with van der Waals surface area (Å²) in [6.45, 7) is 2.65. The second-order valence-electron chi connectivity index (χ2n) is 6.70. The van der Waals surface area contributed by atoms with E-state index in [0.717, 1.165) is 24.4 Å². The number of carbonyl (C=O) groups is 1. The van der Waals surface area contributed by atoms with E-state index in [2.05, 4.69) is 6.92 Å². The summed E-state index contributed by atoms with van der Waals surface area (Å²) in [5, 5.41) is 11.8. The van der Waals surface area contributed by atoms with Crippen molar-refractivity contribution in [1.29, 1.82) is 0 Å². The molecule has 23 heavy (non-hydrogen) atoms. The van der Waals surface area contributed by atoms with Gasteiger partial charge in [-0.1, -0.05) is 6.92 Å². The van der Waals surface area contributed by atoms with Crippen LogP contribution in [0, 0.1) is 11.1 Å². The molecule has 2 aromatic rings. The summed E-state index contributed by atoms with van der Waals surface area (Å²) >= 11 is 0. The van der Waals surface area contributed by atoms with Gasteiger partial charge in [-0.05, 0) is 43.4 Å². The third kappa shape index (κ3) is 2.83. The molecule has 5 nitrogen and oxygen atoms in total. The minimum atomic E-state index is -0.221. The number of carbonyl (C=O) groups excluding carboxylic acids is 1. The van der Waals surface area contributed by atoms with Gasteiger partial charge in [0.2, 0.25) is 0 Å². The van der Waals surface area contributed by atoms with Gasteiger partial charge in [-0.3, -0.25) is 4.79 Å². The lowest BCUT2D eigenvalue weighted by atomic mass is 10.2. The first kappa shape index (κ1) is 14.3. The molecule has 2 aromatic heterocycles. The third-order valence-electron chi connectivity index (χ3n) is 4.78. The van der Waals surface area contributed by atoms with Crippen LogP contribution in [-0.2, 0) is 6.54 Å². The third-order valence-corrected chi connectivity index (χ3v) is 4.78. The molecule has 2 atom stereocenters. The summed E-state index contributed by atoms with van der Waals surface area (Å²) in [6.07, 6.45) is 4.52. The summed E-state index contributed by atoms with van der Waals surface area (Å²) in [5.41, 5.74) is 0.169. The zero-order valence-electron chi connectivity index (χ0n) is 13.1. The lowest BCUT2D eigenvalue weighted by Gasteiger charge is -2.20. The van der Waals surface area contributed by atoms with E-state index in [-0.39, 0.29) is 17.6 Å². The molecule has 120 valence electrons. The van der Waals surface area contributed by atoms with Gasteiger partial charge in [0.05, 0.1) is 6.54 Å². The Morgan fingerprint density at radius 1 is 1.35 bits per heavy atom. The molecule has 0 aromatic carbocycles. The Bertz CT molecular complexity index is 735. The summed E-state index contributed by atoms with van der Waals surface area (Å²) in [5.74, 6) is 2.83. The van der Waals surface area contributed by atoms with Crippen LogP contribution >= 0.6 is 0 Å². The summed E-state index contributed by atoms with van der Waals surface area (Å²) < 4.78 is 6.56. The van der Waals surface area contributed by atoms with E-state index in [0.29, 0.717) is 23.1 Å². The Labute approximate surface area is 135 Å². The van der Waals surface area contributed by atoms with Crippen molar-refractivity contribution >= 4 is 5.91 Å². The lowest BCUT2D eigenvalue weighted by molar-refractivity contribution is -0.608. The lowest BCUT2D eigenvalue weighted by Crippen LogP contribution is -2.42. The molecule has 5 heteroatoms. The van der Waals surface area contributed by atoms with Crippen LogP contribution in [0.15, 0.2) is 40.9 Å². The number of pyridine rings is 1. The van der Waals surface area contributed by atoms with Crippen LogP contribution < -0.4 is 4.73 Å². The van der Waals surface area contributed by atoms with E-state index >= 15 is 0 Å². The highest BCUT2D eigenvalue weighted by molar-refractivity contribution is 5.91. The molecular formula is C18H20N2O3. The average molecular weight is 312 g/mol. The number of nitrogens with zero attached hydrogens (tertiary/aromatic N) is 2. The normalized spacial score (nSPS) is 22.8. The molecule has 0 aliphatic heterocycles. The predicted octanol–water partition coefficient (Wildman–Crippen LogP) is 2.84. The number of amides is 1. The van der Waals surface area contributed by atoms with Crippen molar-refractivity contribution in [2.45, 2.75) is 44.7 Å². The van der Waals surface area contributed by atoms with Gasteiger partial charge in [-0.2, -0.15) is 4.73 Å². The number of rotatable bonds is 5. The van der Waals surface area contributed by atoms with Crippen molar-refractivity contribution < 1.29 is 13.9 Å². The second-order valence-corrected chi connectivity index (χ2v) is 6.70. The number of aromatic nitrogens is 1. The number of hydrogen-bond acceptors (Lipinski definition) is 3. The highest BCUT2D eigenvalue weighted by Gasteiger charge is 2.38. The fourth-order valence-electron chi connectivity index (χ4n) is 3.06. The van der Waals surface area contributed by atoms with E-state index < -0.39 is 0 Å². The maximum atomic E-state index is 12.7. The molecule has 0 radical (unpaired) electrons. The average Bonchev–Trinajstić information content (AvgIpc) is 3.46. The van der Waals surface area contributed by atoms with Crippen molar-refractivity contribution in [3.63, 3.8) is 0 Å². The molecule has 2 heterocycles. The summed E-state index contributed by atoms with van der Waals surface area (Å²) in [6, 6.07) is 9.11. The van der Waals surface area contributed by atoms with Crippen molar-refractivity contribution in [2.75, 3.05) is 0 Å². The highest BCUT2D eigenvalue weighted by atomic mass is 16.5. The molecule has 1 amide bonds. The standard InChI is InChI=1S/C18H20N2O3/c1-12-10-15(12)17-8-7-14(23-17)11-19(13-5-6-13)18(21)16-4-2-3-9-20(16)22/h2-4,7-9,12-13,15H,5-6,10-11H2,1H3/t12-,15-/m1/s1. The first-order valence-electron chi connectivity index (χ1n) is 8.21.